The summed E-state index contributed by atoms with van der Waals surface area (Å²) in [6.45, 7) is 0.846. The molecule has 1 aromatic heterocycles. The first-order valence-electron chi connectivity index (χ1n) is 9.67. The van der Waals surface area contributed by atoms with Crippen molar-refractivity contribution < 1.29 is 14.0 Å². The zero-order chi connectivity index (χ0) is 20.8. The number of H-pyrrole nitrogens is 2. The van der Waals surface area contributed by atoms with E-state index in [1.54, 1.807) is 12.1 Å². The Kier molecular flexibility index (Phi) is 6.82. The van der Waals surface area contributed by atoms with E-state index < -0.39 is 0 Å². The highest BCUT2D eigenvalue weighted by molar-refractivity contribution is 5.78. The number of carbonyl (C=O) groups excluding carboxylic acids is 2. The minimum Gasteiger partial charge on any atom is -0.354 e. The average molecular weight is 403 g/mol. The SMILES string of the molecule is CN1[C@@H](CC(=O)NCc2ccc(F)cc2)CC[C@H]1CNC(=O)Cc1c[nH][nH]c1=O. The highest BCUT2D eigenvalue weighted by Crippen LogP contribution is 2.24. The van der Waals surface area contributed by atoms with Crippen LogP contribution in [0.3, 0.4) is 0 Å². The van der Waals surface area contributed by atoms with Gasteiger partial charge < -0.3 is 15.7 Å². The summed E-state index contributed by atoms with van der Waals surface area (Å²) in [7, 11) is 1.96. The first-order chi connectivity index (χ1) is 13.9. The standard InChI is InChI=1S/C20H26FN5O3/c1-26-16(9-19(28)22-10-13-2-4-15(21)5-3-13)6-7-17(26)12-23-18(27)8-14-11-24-25-20(14)29/h2-5,11,16-17H,6-10,12H2,1H3,(H,22,28)(H,23,27)(H2,24,25,29)/t16-,17+/m1/s1. The van der Waals surface area contributed by atoms with Gasteiger partial charge in [0.25, 0.3) is 5.56 Å². The fraction of sp³-hybridized carbons (Fsp3) is 0.450. The number of aromatic amines is 2. The fourth-order valence-electron chi connectivity index (χ4n) is 3.60. The van der Waals surface area contributed by atoms with Gasteiger partial charge in [-0.3, -0.25) is 24.4 Å². The number of rotatable bonds is 8. The minimum absolute atomic E-state index is 0.0322. The van der Waals surface area contributed by atoms with Gasteiger partial charge in [-0.25, -0.2) is 4.39 Å². The molecule has 29 heavy (non-hydrogen) atoms. The van der Waals surface area contributed by atoms with Crippen LogP contribution in [0.2, 0.25) is 0 Å². The largest absolute Gasteiger partial charge is 0.354 e. The highest BCUT2D eigenvalue weighted by atomic mass is 19.1. The third-order valence-electron chi connectivity index (χ3n) is 5.42. The third kappa shape index (κ3) is 5.77. The smallest absolute Gasteiger partial charge is 0.267 e. The quantitative estimate of drug-likeness (QED) is 0.519. The molecular formula is C20H26FN5O3. The number of benzene rings is 1. The molecule has 0 bridgehead atoms. The lowest BCUT2D eigenvalue weighted by molar-refractivity contribution is -0.123. The lowest BCUT2D eigenvalue weighted by Crippen LogP contribution is -2.42. The molecule has 1 fully saturated rings. The summed E-state index contributed by atoms with van der Waals surface area (Å²) < 4.78 is 12.9. The molecule has 0 radical (unpaired) electrons. The third-order valence-corrected chi connectivity index (χ3v) is 5.42. The van der Waals surface area contributed by atoms with E-state index in [-0.39, 0.29) is 41.7 Å². The Morgan fingerprint density at radius 2 is 1.86 bits per heavy atom. The van der Waals surface area contributed by atoms with Gasteiger partial charge in [-0.05, 0) is 37.6 Å². The molecule has 2 aromatic rings. The molecular weight excluding hydrogens is 377 g/mol. The molecule has 1 aromatic carbocycles. The van der Waals surface area contributed by atoms with Crippen LogP contribution in [0.25, 0.3) is 0 Å². The van der Waals surface area contributed by atoms with Crippen molar-refractivity contribution in [3.05, 3.63) is 57.8 Å². The van der Waals surface area contributed by atoms with E-state index in [2.05, 4.69) is 25.7 Å². The van der Waals surface area contributed by atoms with Crippen LogP contribution >= 0.6 is 0 Å². The Labute approximate surface area is 167 Å². The van der Waals surface area contributed by atoms with Crippen molar-refractivity contribution in [1.29, 1.82) is 0 Å². The van der Waals surface area contributed by atoms with Gasteiger partial charge in [-0.1, -0.05) is 12.1 Å². The second kappa shape index (κ2) is 9.51. The van der Waals surface area contributed by atoms with Gasteiger partial charge in [0, 0.05) is 43.4 Å². The number of likely N-dealkylation sites (N-methyl/N-ethyl adjacent to an activating group) is 1. The van der Waals surface area contributed by atoms with Gasteiger partial charge in [0.1, 0.15) is 5.82 Å². The number of likely N-dealkylation sites (tertiary alicyclic amines) is 1. The predicted octanol–water partition coefficient (Wildman–Crippen LogP) is 0.670. The van der Waals surface area contributed by atoms with Crippen molar-refractivity contribution in [3.8, 4) is 0 Å². The van der Waals surface area contributed by atoms with Crippen LogP contribution in [0.15, 0.2) is 35.3 Å². The lowest BCUT2D eigenvalue weighted by atomic mass is 10.1. The summed E-state index contributed by atoms with van der Waals surface area (Å²) in [6, 6.07) is 6.31. The molecule has 0 saturated carbocycles. The molecule has 156 valence electrons. The van der Waals surface area contributed by atoms with Gasteiger partial charge in [0.2, 0.25) is 11.8 Å². The number of carbonyl (C=O) groups is 2. The number of hydrogen-bond acceptors (Lipinski definition) is 4. The van der Waals surface area contributed by atoms with Crippen LogP contribution in [0, 0.1) is 5.82 Å². The van der Waals surface area contributed by atoms with E-state index >= 15 is 0 Å². The normalized spacial score (nSPS) is 19.2. The Balaban J connectivity index is 1.39. The van der Waals surface area contributed by atoms with E-state index in [1.165, 1.54) is 18.3 Å². The Hall–Kier alpha value is -2.94. The second-order valence-electron chi connectivity index (χ2n) is 7.41. The van der Waals surface area contributed by atoms with Crippen molar-refractivity contribution in [2.75, 3.05) is 13.6 Å². The minimum atomic E-state index is -0.300. The first kappa shape index (κ1) is 20.8. The van der Waals surface area contributed by atoms with E-state index in [0.29, 0.717) is 25.1 Å². The van der Waals surface area contributed by atoms with Crippen molar-refractivity contribution >= 4 is 11.8 Å². The Bertz CT molecular complexity index is 892. The first-order valence-corrected chi connectivity index (χ1v) is 9.67. The number of aromatic nitrogens is 2. The number of hydrogen-bond donors (Lipinski definition) is 4. The molecule has 2 atom stereocenters. The topological polar surface area (TPSA) is 110 Å². The number of nitrogens with one attached hydrogen (secondary N) is 4. The molecule has 3 rings (SSSR count). The van der Waals surface area contributed by atoms with E-state index in [1.807, 2.05) is 7.05 Å². The number of nitrogens with zero attached hydrogens (tertiary/aromatic N) is 1. The van der Waals surface area contributed by atoms with Gasteiger partial charge in [0.05, 0.1) is 6.42 Å². The van der Waals surface area contributed by atoms with Crippen molar-refractivity contribution in [2.24, 2.45) is 0 Å². The van der Waals surface area contributed by atoms with E-state index in [0.717, 1.165) is 18.4 Å². The maximum Gasteiger partial charge on any atom is 0.267 e. The van der Waals surface area contributed by atoms with Gasteiger partial charge >= 0.3 is 0 Å². The highest BCUT2D eigenvalue weighted by Gasteiger charge is 2.31. The maximum atomic E-state index is 12.9. The summed E-state index contributed by atoms with van der Waals surface area (Å²) in [5, 5.41) is 10.7. The Morgan fingerprint density at radius 3 is 2.55 bits per heavy atom. The summed E-state index contributed by atoms with van der Waals surface area (Å²) in [6.07, 6.45) is 3.66. The van der Waals surface area contributed by atoms with Gasteiger partial charge in [0.15, 0.2) is 0 Å². The molecule has 2 amide bonds. The van der Waals surface area contributed by atoms with Crippen molar-refractivity contribution in [3.63, 3.8) is 0 Å². The molecule has 0 aliphatic carbocycles. The zero-order valence-corrected chi connectivity index (χ0v) is 16.3. The van der Waals surface area contributed by atoms with Crippen molar-refractivity contribution in [1.82, 2.24) is 25.7 Å². The Morgan fingerprint density at radius 1 is 1.14 bits per heavy atom. The fourth-order valence-corrected chi connectivity index (χ4v) is 3.60. The molecule has 1 aliphatic rings. The molecule has 8 nitrogen and oxygen atoms in total. The molecule has 1 saturated heterocycles. The van der Waals surface area contributed by atoms with Crippen LogP contribution < -0.4 is 16.2 Å². The molecule has 9 heteroatoms. The lowest BCUT2D eigenvalue weighted by Gasteiger charge is -2.25. The average Bonchev–Trinajstić information content (AvgIpc) is 3.25. The van der Waals surface area contributed by atoms with E-state index in [4.69, 9.17) is 0 Å². The monoisotopic (exact) mass is 403 g/mol. The number of amides is 2. The molecule has 2 heterocycles. The van der Waals surface area contributed by atoms with Gasteiger partial charge in [-0.2, -0.15) is 0 Å². The molecule has 0 unspecified atom stereocenters. The van der Waals surface area contributed by atoms with Crippen LogP contribution in [0.1, 0.15) is 30.4 Å². The summed E-state index contributed by atoms with van der Waals surface area (Å²) in [5.74, 6) is -0.558. The van der Waals surface area contributed by atoms with Crippen molar-refractivity contribution in [2.45, 2.75) is 44.3 Å². The molecule has 0 spiro atoms. The molecule has 1 aliphatic heterocycles. The van der Waals surface area contributed by atoms with Crippen LogP contribution in [-0.2, 0) is 22.6 Å². The molecule has 4 N–H and O–H groups in total. The van der Waals surface area contributed by atoms with Crippen LogP contribution in [0.5, 0.6) is 0 Å². The maximum absolute atomic E-state index is 12.9. The zero-order valence-electron chi connectivity index (χ0n) is 16.3. The van der Waals surface area contributed by atoms with Gasteiger partial charge in [-0.15, -0.1) is 0 Å². The number of halogens is 1. The summed E-state index contributed by atoms with van der Waals surface area (Å²) in [5.41, 5.74) is 0.962. The summed E-state index contributed by atoms with van der Waals surface area (Å²) in [4.78, 5) is 37.9. The van der Waals surface area contributed by atoms with E-state index in [9.17, 15) is 18.8 Å². The van der Waals surface area contributed by atoms with Crippen LogP contribution in [0.4, 0.5) is 4.39 Å². The second-order valence-corrected chi connectivity index (χ2v) is 7.41. The predicted molar refractivity (Wildman–Crippen MR) is 106 cm³/mol. The van der Waals surface area contributed by atoms with Crippen LogP contribution in [-0.4, -0.2) is 52.6 Å². The summed E-state index contributed by atoms with van der Waals surface area (Å²) >= 11 is 0.